The van der Waals surface area contributed by atoms with Gasteiger partial charge in [-0.05, 0) is 51.2 Å². The molecule has 2 N–H and O–H groups in total. The molecule has 0 aliphatic carbocycles. The number of amides is 3. The molecule has 3 amide bonds. The number of rotatable bonds is 7. The van der Waals surface area contributed by atoms with Crippen LogP contribution >= 0.6 is 11.8 Å². The first-order chi connectivity index (χ1) is 14.8. The molecule has 31 heavy (non-hydrogen) atoms. The molecular formula is C22H32N6O2S. The number of nitrogens with zero attached hydrogens (tertiary/aromatic N) is 4. The van der Waals surface area contributed by atoms with Gasteiger partial charge in [-0.15, -0.1) is 10.2 Å². The van der Waals surface area contributed by atoms with Crippen LogP contribution in [0.25, 0.3) is 5.69 Å². The SMILES string of the molecule is Cc1ccc(-n2c(SC(C)C(=O)NC(=O)NCC(C)C)nnc2N2CCCCC2)cc1. The number of nitrogens with one attached hydrogen (secondary N) is 2. The number of anilines is 1. The lowest BCUT2D eigenvalue weighted by Crippen LogP contribution is -2.43. The van der Waals surface area contributed by atoms with Crippen LogP contribution in [0.3, 0.4) is 0 Å². The van der Waals surface area contributed by atoms with E-state index in [2.05, 4.69) is 37.9 Å². The Labute approximate surface area is 188 Å². The van der Waals surface area contributed by atoms with Crippen LogP contribution in [-0.2, 0) is 4.79 Å². The van der Waals surface area contributed by atoms with Gasteiger partial charge in [0, 0.05) is 19.6 Å². The van der Waals surface area contributed by atoms with E-state index in [1.807, 2.05) is 37.5 Å². The maximum absolute atomic E-state index is 12.5. The number of hydrogen-bond donors (Lipinski definition) is 2. The maximum atomic E-state index is 12.5. The molecule has 9 heteroatoms. The molecule has 2 heterocycles. The molecule has 1 aromatic carbocycles. The van der Waals surface area contributed by atoms with Crippen molar-refractivity contribution < 1.29 is 9.59 Å². The number of urea groups is 1. The minimum atomic E-state index is -0.507. The van der Waals surface area contributed by atoms with Gasteiger partial charge in [0.1, 0.15) is 0 Å². The third-order valence-corrected chi connectivity index (χ3v) is 6.15. The molecule has 0 radical (unpaired) electrons. The first kappa shape index (κ1) is 23.1. The fourth-order valence-electron chi connectivity index (χ4n) is 3.32. The van der Waals surface area contributed by atoms with E-state index < -0.39 is 11.3 Å². The van der Waals surface area contributed by atoms with E-state index in [0.717, 1.165) is 37.6 Å². The Morgan fingerprint density at radius 1 is 1.06 bits per heavy atom. The Kier molecular flexibility index (Phi) is 7.95. The highest BCUT2D eigenvalue weighted by Gasteiger charge is 2.25. The standard InChI is InChI=1S/C22H32N6O2S/c1-15(2)14-23-20(30)24-19(29)17(4)31-22-26-25-21(27-12-6-5-7-13-27)28(22)18-10-8-16(3)9-11-18/h8-11,15,17H,5-7,12-14H2,1-4H3,(H2,23,24,29,30). The fraction of sp³-hybridized carbons (Fsp3) is 0.545. The summed E-state index contributed by atoms with van der Waals surface area (Å²) in [5.74, 6) is 0.756. The number of aromatic nitrogens is 3. The molecule has 168 valence electrons. The number of aryl methyl sites for hydroxylation is 1. The van der Waals surface area contributed by atoms with Crippen molar-refractivity contribution in [2.75, 3.05) is 24.5 Å². The van der Waals surface area contributed by atoms with Gasteiger partial charge < -0.3 is 10.2 Å². The average Bonchev–Trinajstić information content (AvgIpc) is 3.17. The van der Waals surface area contributed by atoms with Gasteiger partial charge in [-0.2, -0.15) is 0 Å². The highest BCUT2D eigenvalue weighted by Crippen LogP contribution is 2.30. The molecule has 1 aliphatic rings. The number of carbonyl (C=O) groups is 2. The van der Waals surface area contributed by atoms with Crippen LogP contribution in [0.4, 0.5) is 10.7 Å². The zero-order valence-electron chi connectivity index (χ0n) is 18.7. The first-order valence-corrected chi connectivity index (χ1v) is 11.8. The first-order valence-electron chi connectivity index (χ1n) is 10.9. The summed E-state index contributed by atoms with van der Waals surface area (Å²) in [4.78, 5) is 26.8. The fourth-order valence-corrected chi connectivity index (χ4v) is 4.19. The number of thioether (sulfide) groups is 1. The van der Waals surface area contributed by atoms with Crippen LogP contribution in [0.2, 0.25) is 0 Å². The number of benzene rings is 1. The van der Waals surface area contributed by atoms with Crippen molar-refractivity contribution in [2.24, 2.45) is 5.92 Å². The van der Waals surface area contributed by atoms with Gasteiger partial charge in [-0.1, -0.05) is 43.3 Å². The van der Waals surface area contributed by atoms with Gasteiger partial charge in [0.25, 0.3) is 0 Å². The van der Waals surface area contributed by atoms with Gasteiger partial charge in [0.05, 0.1) is 10.9 Å². The Bertz CT molecular complexity index is 890. The topological polar surface area (TPSA) is 92.2 Å². The summed E-state index contributed by atoms with van der Waals surface area (Å²) in [6, 6.07) is 7.72. The predicted molar refractivity (Wildman–Crippen MR) is 124 cm³/mol. The molecule has 3 rings (SSSR count). The van der Waals surface area contributed by atoms with E-state index in [9.17, 15) is 9.59 Å². The van der Waals surface area contributed by atoms with Crippen molar-refractivity contribution in [3.63, 3.8) is 0 Å². The van der Waals surface area contributed by atoms with E-state index in [4.69, 9.17) is 0 Å². The summed E-state index contributed by atoms with van der Waals surface area (Å²) in [6.07, 6.45) is 3.49. The summed E-state index contributed by atoms with van der Waals surface area (Å²) >= 11 is 1.30. The lowest BCUT2D eigenvalue weighted by atomic mass is 10.1. The lowest BCUT2D eigenvalue weighted by Gasteiger charge is -2.28. The van der Waals surface area contributed by atoms with Gasteiger partial charge in [-0.3, -0.25) is 14.7 Å². The zero-order chi connectivity index (χ0) is 22.4. The quantitative estimate of drug-likeness (QED) is 0.635. The van der Waals surface area contributed by atoms with E-state index in [-0.39, 0.29) is 5.91 Å². The van der Waals surface area contributed by atoms with Gasteiger partial charge >= 0.3 is 6.03 Å². The summed E-state index contributed by atoms with van der Waals surface area (Å²) in [6.45, 7) is 10.2. The van der Waals surface area contributed by atoms with Crippen molar-refractivity contribution in [1.82, 2.24) is 25.4 Å². The van der Waals surface area contributed by atoms with Gasteiger partial charge in [0.2, 0.25) is 11.9 Å². The van der Waals surface area contributed by atoms with Crippen molar-refractivity contribution in [1.29, 1.82) is 0 Å². The van der Waals surface area contributed by atoms with E-state index in [1.54, 1.807) is 6.92 Å². The van der Waals surface area contributed by atoms with E-state index in [1.165, 1.54) is 23.7 Å². The third kappa shape index (κ3) is 6.22. The van der Waals surface area contributed by atoms with Crippen LogP contribution < -0.4 is 15.5 Å². The Morgan fingerprint density at radius 3 is 2.39 bits per heavy atom. The van der Waals surface area contributed by atoms with E-state index >= 15 is 0 Å². The van der Waals surface area contributed by atoms with Crippen molar-refractivity contribution in [3.05, 3.63) is 29.8 Å². The Morgan fingerprint density at radius 2 is 1.74 bits per heavy atom. The minimum Gasteiger partial charge on any atom is -0.341 e. The normalized spacial score (nSPS) is 15.1. The van der Waals surface area contributed by atoms with Crippen LogP contribution in [0.15, 0.2) is 29.4 Å². The van der Waals surface area contributed by atoms with Crippen LogP contribution in [0.1, 0.15) is 45.6 Å². The maximum Gasteiger partial charge on any atom is 0.321 e. The minimum absolute atomic E-state index is 0.314. The predicted octanol–water partition coefficient (Wildman–Crippen LogP) is 3.53. The molecule has 1 saturated heterocycles. The molecule has 1 unspecified atom stereocenters. The number of hydrogen-bond acceptors (Lipinski definition) is 6. The molecular weight excluding hydrogens is 412 g/mol. The molecule has 2 aromatic rings. The second kappa shape index (κ2) is 10.7. The van der Waals surface area contributed by atoms with Crippen molar-refractivity contribution >= 4 is 29.6 Å². The largest absolute Gasteiger partial charge is 0.341 e. The molecule has 8 nitrogen and oxygen atoms in total. The summed E-state index contributed by atoms with van der Waals surface area (Å²) in [5.41, 5.74) is 2.13. The number of imide groups is 1. The van der Waals surface area contributed by atoms with Gasteiger partial charge in [-0.25, -0.2) is 4.79 Å². The molecule has 0 bridgehead atoms. The molecule has 1 fully saturated rings. The number of piperidine rings is 1. The monoisotopic (exact) mass is 444 g/mol. The third-order valence-electron chi connectivity index (χ3n) is 5.11. The highest BCUT2D eigenvalue weighted by atomic mass is 32.2. The average molecular weight is 445 g/mol. The molecule has 1 aliphatic heterocycles. The smallest absolute Gasteiger partial charge is 0.321 e. The second-order valence-corrected chi connectivity index (χ2v) is 9.66. The molecule has 1 atom stereocenters. The van der Waals surface area contributed by atoms with Crippen LogP contribution in [0.5, 0.6) is 0 Å². The summed E-state index contributed by atoms with van der Waals surface area (Å²) in [5, 5.41) is 14.1. The van der Waals surface area contributed by atoms with Crippen molar-refractivity contribution in [3.8, 4) is 5.69 Å². The van der Waals surface area contributed by atoms with Crippen molar-refractivity contribution in [2.45, 2.75) is 57.4 Å². The zero-order valence-corrected chi connectivity index (χ0v) is 19.5. The molecule has 0 spiro atoms. The van der Waals surface area contributed by atoms with E-state index in [0.29, 0.717) is 17.6 Å². The molecule has 1 aromatic heterocycles. The van der Waals surface area contributed by atoms with Gasteiger partial charge in [0.15, 0.2) is 5.16 Å². The van der Waals surface area contributed by atoms with Crippen LogP contribution in [0, 0.1) is 12.8 Å². The summed E-state index contributed by atoms with van der Waals surface area (Å²) in [7, 11) is 0. The molecule has 0 saturated carbocycles. The Hall–Kier alpha value is -2.55. The second-order valence-electron chi connectivity index (χ2n) is 8.35. The lowest BCUT2D eigenvalue weighted by molar-refractivity contribution is -0.119. The number of carbonyl (C=O) groups excluding carboxylic acids is 2. The highest BCUT2D eigenvalue weighted by molar-refractivity contribution is 8.00. The Balaban J connectivity index is 1.78. The summed E-state index contributed by atoms with van der Waals surface area (Å²) < 4.78 is 2.01. The van der Waals surface area contributed by atoms with Crippen LogP contribution in [-0.4, -0.2) is 51.6 Å².